The van der Waals surface area contributed by atoms with E-state index in [1.807, 2.05) is 0 Å². The molecule has 12 heavy (non-hydrogen) atoms. The molecule has 0 bridgehead atoms. The van der Waals surface area contributed by atoms with E-state index in [9.17, 15) is 0 Å². The van der Waals surface area contributed by atoms with Crippen molar-refractivity contribution in [1.29, 1.82) is 0 Å². The van der Waals surface area contributed by atoms with Crippen molar-refractivity contribution in [2.75, 3.05) is 26.2 Å². The van der Waals surface area contributed by atoms with Gasteiger partial charge in [0.2, 0.25) is 0 Å². The third-order valence-corrected chi connectivity index (χ3v) is 3.20. The molecule has 72 valence electrons. The summed E-state index contributed by atoms with van der Waals surface area (Å²) in [5.74, 6) is 0. The molecule has 1 spiro atoms. The van der Waals surface area contributed by atoms with Gasteiger partial charge in [0.15, 0.2) is 0 Å². The van der Waals surface area contributed by atoms with Crippen molar-refractivity contribution >= 4 is 0 Å². The Labute approximate surface area is 76.3 Å². The normalized spacial score (nSPS) is 27.2. The molecule has 1 N–H and O–H groups in total. The molecule has 0 aliphatic carbocycles. The van der Waals surface area contributed by atoms with E-state index >= 15 is 0 Å². The van der Waals surface area contributed by atoms with Gasteiger partial charge < -0.3 is 10.2 Å². The summed E-state index contributed by atoms with van der Waals surface area (Å²) >= 11 is 0. The van der Waals surface area contributed by atoms with Gasteiger partial charge in [-0.3, -0.25) is 0 Å². The van der Waals surface area contributed by atoms with Crippen LogP contribution in [0.3, 0.4) is 0 Å². The van der Waals surface area contributed by atoms with Gasteiger partial charge in [-0.25, -0.2) is 0 Å². The summed E-state index contributed by atoms with van der Waals surface area (Å²) in [6, 6.07) is 0.745. The summed E-state index contributed by atoms with van der Waals surface area (Å²) in [5, 5.41) is 3.38. The van der Waals surface area contributed by atoms with Crippen molar-refractivity contribution in [3.05, 3.63) is 0 Å². The summed E-state index contributed by atoms with van der Waals surface area (Å²) in [6.45, 7) is 9.76. The van der Waals surface area contributed by atoms with Crippen LogP contribution in [0.5, 0.6) is 0 Å². The predicted molar refractivity (Wildman–Crippen MR) is 53.4 cm³/mol. The standard InChI is InChI=1S/C9H18N2.CH4/c1-8(2)11-4-3-9(7-11)5-10-6-9;/h8,10H,3-7H2,1-2H3;1H4. The van der Waals surface area contributed by atoms with Gasteiger partial charge in [0.1, 0.15) is 0 Å². The molecule has 0 amide bonds. The monoisotopic (exact) mass is 170 g/mol. The Hall–Kier alpha value is -0.0800. The molecular weight excluding hydrogens is 148 g/mol. The van der Waals surface area contributed by atoms with Crippen LogP contribution in [-0.2, 0) is 0 Å². The number of hydrogen-bond donors (Lipinski definition) is 1. The highest BCUT2D eigenvalue weighted by Crippen LogP contribution is 2.34. The Morgan fingerprint density at radius 3 is 2.25 bits per heavy atom. The zero-order valence-electron chi connectivity index (χ0n) is 7.56. The molecule has 0 atom stereocenters. The van der Waals surface area contributed by atoms with Crippen molar-refractivity contribution in [1.82, 2.24) is 10.2 Å². The smallest absolute Gasteiger partial charge is 0.00920 e. The van der Waals surface area contributed by atoms with E-state index in [1.54, 1.807) is 0 Å². The second kappa shape index (κ2) is 3.35. The van der Waals surface area contributed by atoms with Crippen molar-refractivity contribution < 1.29 is 0 Å². The van der Waals surface area contributed by atoms with Crippen LogP contribution in [0, 0.1) is 5.41 Å². The molecule has 2 aliphatic rings. The van der Waals surface area contributed by atoms with Gasteiger partial charge in [0, 0.05) is 31.1 Å². The number of nitrogens with one attached hydrogen (secondary N) is 1. The van der Waals surface area contributed by atoms with Gasteiger partial charge in [0.25, 0.3) is 0 Å². The van der Waals surface area contributed by atoms with Crippen molar-refractivity contribution in [3.63, 3.8) is 0 Å². The lowest BCUT2D eigenvalue weighted by molar-refractivity contribution is 0.157. The van der Waals surface area contributed by atoms with Gasteiger partial charge >= 0.3 is 0 Å². The zero-order chi connectivity index (χ0) is 7.90. The Balaban J connectivity index is 0.000000720. The van der Waals surface area contributed by atoms with Gasteiger partial charge in [0.05, 0.1) is 0 Å². The highest BCUT2D eigenvalue weighted by Gasteiger charge is 2.43. The van der Waals surface area contributed by atoms with E-state index in [0.29, 0.717) is 5.41 Å². The molecule has 2 heterocycles. The minimum Gasteiger partial charge on any atom is -0.315 e. The molecule has 2 rings (SSSR count). The molecule has 0 saturated carbocycles. The second-order valence-corrected chi connectivity index (χ2v) is 4.42. The first-order valence-corrected chi connectivity index (χ1v) is 4.67. The first-order valence-electron chi connectivity index (χ1n) is 4.67. The summed E-state index contributed by atoms with van der Waals surface area (Å²) in [7, 11) is 0. The summed E-state index contributed by atoms with van der Waals surface area (Å²) < 4.78 is 0. The molecule has 2 heteroatoms. The maximum Gasteiger partial charge on any atom is 0.00920 e. The fraction of sp³-hybridized carbons (Fsp3) is 1.00. The van der Waals surface area contributed by atoms with Crippen molar-refractivity contribution in [2.45, 2.75) is 33.7 Å². The van der Waals surface area contributed by atoms with Crippen molar-refractivity contribution in [2.24, 2.45) is 5.41 Å². The summed E-state index contributed by atoms with van der Waals surface area (Å²) in [6.07, 6.45) is 1.41. The highest BCUT2D eigenvalue weighted by atomic mass is 15.2. The first-order chi connectivity index (χ1) is 5.22. The van der Waals surface area contributed by atoms with E-state index in [1.165, 1.54) is 32.6 Å². The largest absolute Gasteiger partial charge is 0.315 e. The van der Waals surface area contributed by atoms with Crippen LogP contribution in [0.25, 0.3) is 0 Å². The lowest BCUT2D eigenvalue weighted by Gasteiger charge is -2.39. The zero-order valence-corrected chi connectivity index (χ0v) is 7.56. The van der Waals surface area contributed by atoms with Crippen LogP contribution < -0.4 is 5.32 Å². The number of likely N-dealkylation sites (tertiary alicyclic amines) is 1. The van der Waals surface area contributed by atoms with E-state index in [2.05, 4.69) is 24.1 Å². The molecule has 2 nitrogen and oxygen atoms in total. The number of rotatable bonds is 1. The van der Waals surface area contributed by atoms with E-state index in [4.69, 9.17) is 0 Å². The van der Waals surface area contributed by atoms with Gasteiger partial charge in [-0.15, -0.1) is 0 Å². The van der Waals surface area contributed by atoms with Crippen LogP contribution >= 0.6 is 0 Å². The van der Waals surface area contributed by atoms with Crippen LogP contribution in [0.4, 0.5) is 0 Å². The third kappa shape index (κ3) is 1.50. The average molecular weight is 170 g/mol. The summed E-state index contributed by atoms with van der Waals surface area (Å²) in [5.41, 5.74) is 0.685. The Morgan fingerprint density at radius 1 is 1.33 bits per heavy atom. The number of hydrogen-bond acceptors (Lipinski definition) is 2. The van der Waals surface area contributed by atoms with Crippen LogP contribution in [-0.4, -0.2) is 37.1 Å². The maximum atomic E-state index is 3.38. The molecule has 2 aliphatic heterocycles. The third-order valence-electron chi connectivity index (χ3n) is 3.20. The maximum absolute atomic E-state index is 3.38. The fourth-order valence-electron chi connectivity index (χ4n) is 2.18. The van der Waals surface area contributed by atoms with Gasteiger partial charge in [-0.1, -0.05) is 7.43 Å². The van der Waals surface area contributed by atoms with Crippen molar-refractivity contribution in [3.8, 4) is 0 Å². The SMILES string of the molecule is C.CC(C)N1CCC2(CNC2)C1. The predicted octanol–water partition coefficient (Wildman–Crippen LogP) is 1.33. The molecule has 2 fully saturated rings. The minimum atomic E-state index is 0. The minimum absolute atomic E-state index is 0. The van der Waals surface area contributed by atoms with E-state index < -0.39 is 0 Å². The Morgan fingerprint density at radius 2 is 2.00 bits per heavy atom. The molecule has 0 aromatic carbocycles. The lowest BCUT2D eigenvalue weighted by Crippen LogP contribution is -2.55. The first kappa shape index (κ1) is 10.0. The van der Waals surface area contributed by atoms with Crippen LogP contribution in [0.1, 0.15) is 27.7 Å². The molecule has 2 saturated heterocycles. The Bertz CT molecular complexity index is 150. The fourth-order valence-corrected chi connectivity index (χ4v) is 2.18. The highest BCUT2D eigenvalue weighted by molar-refractivity contribution is 4.99. The lowest BCUT2D eigenvalue weighted by atomic mass is 9.81. The topological polar surface area (TPSA) is 15.3 Å². The molecule has 0 aromatic rings. The second-order valence-electron chi connectivity index (χ2n) is 4.42. The molecule has 0 aromatic heterocycles. The van der Waals surface area contributed by atoms with Crippen LogP contribution in [0.15, 0.2) is 0 Å². The van der Waals surface area contributed by atoms with E-state index in [0.717, 1.165) is 6.04 Å². The van der Waals surface area contributed by atoms with Gasteiger partial charge in [-0.05, 0) is 26.8 Å². The van der Waals surface area contributed by atoms with Crippen LogP contribution in [0.2, 0.25) is 0 Å². The molecule has 0 radical (unpaired) electrons. The summed E-state index contributed by atoms with van der Waals surface area (Å²) in [4.78, 5) is 2.60. The quantitative estimate of drug-likeness (QED) is 0.638. The average Bonchev–Trinajstić information content (AvgIpc) is 2.28. The van der Waals surface area contributed by atoms with Gasteiger partial charge in [-0.2, -0.15) is 0 Å². The number of nitrogens with zero attached hydrogens (tertiary/aromatic N) is 1. The molecule has 0 unspecified atom stereocenters. The van der Waals surface area contributed by atoms with E-state index in [-0.39, 0.29) is 7.43 Å². The Kier molecular flexibility index (Phi) is 2.79. The molecular formula is C10H22N2.